The molecule has 1 aliphatic heterocycles. The zero-order valence-corrected chi connectivity index (χ0v) is 17.5. The van der Waals surface area contributed by atoms with Gasteiger partial charge in [-0.1, -0.05) is 18.2 Å². The summed E-state index contributed by atoms with van der Waals surface area (Å²) in [4.78, 5) is 14.6. The number of Topliss-reactive ketones (excluding diaryl/α,β-unsaturated/α-hetero) is 1. The second kappa shape index (κ2) is 9.00. The largest absolute Gasteiger partial charge is 0.491 e. The van der Waals surface area contributed by atoms with Crippen LogP contribution in [0.3, 0.4) is 0 Å². The number of ether oxygens (including phenoxy) is 2. The van der Waals surface area contributed by atoms with Gasteiger partial charge in [0, 0.05) is 42.0 Å². The number of hydrogen-bond acceptors (Lipinski definition) is 5. The van der Waals surface area contributed by atoms with E-state index in [1.54, 1.807) is 6.92 Å². The number of aliphatic hydroxyl groups excluding tert-OH is 1. The van der Waals surface area contributed by atoms with Crippen LogP contribution < -0.4 is 4.74 Å². The molecule has 30 heavy (non-hydrogen) atoms. The molecule has 1 N–H and O–H groups in total. The van der Waals surface area contributed by atoms with E-state index in [-0.39, 0.29) is 12.4 Å². The number of ketones is 1. The molecule has 1 atom stereocenters. The second-order valence-electron chi connectivity index (χ2n) is 7.74. The Hall–Kier alpha value is -2.67. The highest BCUT2D eigenvalue weighted by Crippen LogP contribution is 2.32. The first-order valence-corrected chi connectivity index (χ1v) is 10.4. The lowest BCUT2D eigenvalue weighted by Gasteiger charge is -2.28. The Morgan fingerprint density at radius 3 is 2.60 bits per heavy atom. The van der Waals surface area contributed by atoms with Crippen LogP contribution in [0, 0.1) is 6.92 Å². The van der Waals surface area contributed by atoms with Crippen molar-refractivity contribution in [1.82, 2.24) is 9.47 Å². The van der Waals surface area contributed by atoms with Crippen LogP contribution in [0.5, 0.6) is 5.75 Å². The maximum absolute atomic E-state index is 12.4. The van der Waals surface area contributed by atoms with Crippen molar-refractivity contribution in [2.24, 2.45) is 0 Å². The summed E-state index contributed by atoms with van der Waals surface area (Å²) in [6.07, 6.45) is -0.582. The van der Waals surface area contributed by atoms with Crippen molar-refractivity contribution in [2.45, 2.75) is 20.0 Å². The van der Waals surface area contributed by atoms with E-state index in [0.29, 0.717) is 31.1 Å². The summed E-state index contributed by atoms with van der Waals surface area (Å²) < 4.78 is 13.3. The SMILES string of the molecule is CC(=O)c1c(C)n(-c2ccccc2)c2ccc(OC[C@H](O)CN3CCOCC3)cc12. The number of aromatic nitrogens is 1. The van der Waals surface area contributed by atoms with Crippen molar-refractivity contribution >= 4 is 16.7 Å². The number of β-amino-alcohol motifs (C(OH)–C–C–N with tert-alkyl or cyclic N) is 1. The molecule has 0 bridgehead atoms. The summed E-state index contributed by atoms with van der Waals surface area (Å²) in [6, 6.07) is 15.8. The average Bonchev–Trinajstić information content (AvgIpc) is 3.04. The van der Waals surface area contributed by atoms with Crippen LogP contribution in [0.4, 0.5) is 0 Å². The van der Waals surface area contributed by atoms with Gasteiger partial charge in [0.2, 0.25) is 0 Å². The molecule has 4 rings (SSSR count). The predicted octanol–water partition coefficient (Wildman–Crippen LogP) is 3.21. The molecule has 0 aliphatic carbocycles. The molecule has 6 heteroatoms. The summed E-state index contributed by atoms with van der Waals surface area (Å²) in [7, 11) is 0. The number of hydrogen-bond donors (Lipinski definition) is 1. The highest BCUT2D eigenvalue weighted by Gasteiger charge is 2.20. The van der Waals surface area contributed by atoms with Gasteiger partial charge in [0.05, 0.1) is 18.7 Å². The van der Waals surface area contributed by atoms with Gasteiger partial charge in [-0.15, -0.1) is 0 Å². The van der Waals surface area contributed by atoms with Crippen LogP contribution in [-0.4, -0.2) is 65.9 Å². The highest BCUT2D eigenvalue weighted by molar-refractivity contribution is 6.09. The topological polar surface area (TPSA) is 63.9 Å². The maximum Gasteiger partial charge on any atom is 0.162 e. The Bertz CT molecular complexity index is 1020. The lowest BCUT2D eigenvalue weighted by Crippen LogP contribution is -2.42. The van der Waals surface area contributed by atoms with E-state index in [1.165, 1.54) is 0 Å². The molecule has 1 saturated heterocycles. The van der Waals surface area contributed by atoms with Gasteiger partial charge in [0.1, 0.15) is 18.5 Å². The quantitative estimate of drug-likeness (QED) is 0.608. The molecule has 0 saturated carbocycles. The van der Waals surface area contributed by atoms with E-state index in [0.717, 1.165) is 35.4 Å². The predicted molar refractivity (Wildman–Crippen MR) is 117 cm³/mol. The lowest BCUT2D eigenvalue weighted by molar-refractivity contribution is 0.00466. The summed E-state index contributed by atoms with van der Waals surface area (Å²) in [5.74, 6) is 0.674. The number of rotatable bonds is 7. The molecule has 1 fully saturated rings. The van der Waals surface area contributed by atoms with E-state index < -0.39 is 6.10 Å². The molecule has 1 aliphatic rings. The molecule has 0 spiro atoms. The van der Waals surface area contributed by atoms with E-state index in [2.05, 4.69) is 9.47 Å². The van der Waals surface area contributed by atoms with E-state index in [4.69, 9.17) is 9.47 Å². The number of benzene rings is 2. The molecular formula is C24H28N2O4. The zero-order valence-electron chi connectivity index (χ0n) is 17.5. The Kier molecular flexibility index (Phi) is 6.18. The highest BCUT2D eigenvalue weighted by atomic mass is 16.5. The minimum atomic E-state index is -0.582. The number of carbonyl (C=O) groups excluding carboxylic acids is 1. The fourth-order valence-electron chi connectivity index (χ4n) is 4.17. The molecule has 0 amide bonds. The third kappa shape index (κ3) is 4.26. The number of aliphatic hydroxyl groups is 1. The number of para-hydroxylation sites is 1. The van der Waals surface area contributed by atoms with Gasteiger partial charge in [-0.25, -0.2) is 0 Å². The summed E-state index contributed by atoms with van der Waals surface area (Å²) in [5, 5.41) is 11.2. The fraction of sp³-hybridized carbons (Fsp3) is 0.375. The molecule has 2 aromatic carbocycles. The van der Waals surface area contributed by atoms with Crippen molar-refractivity contribution in [3.05, 3.63) is 59.8 Å². The van der Waals surface area contributed by atoms with Crippen LogP contribution >= 0.6 is 0 Å². The van der Waals surface area contributed by atoms with Gasteiger partial charge in [0.25, 0.3) is 0 Å². The molecule has 6 nitrogen and oxygen atoms in total. The minimum Gasteiger partial charge on any atom is -0.491 e. The van der Waals surface area contributed by atoms with Crippen LogP contribution in [0.15, 0.2) is 48.5 Å². The van der Waals surface area contributed by atoms with Crippen molar-refractivity contribution in [3.8, 4) is 11.4 Å². The van der Waals surface area contributed by atoms with Crippen LogP contribution in [-0.2, 0) is 4.74 Å². The van der Waals surface area contributed by atoms with Gasteiger partial charge in [-0.05, 0) is 44.2 Å². The van der Waals surface area contributed by atoms with Gasteiger partial charge in [-0.2, -0.15) is 0 Å². The number of nitrogens with zero attached hydrogens (tertiary/aromatic N) is 2. The first-order chi connectivity index (χ1) is 14.5. The Labute approximate surface area is 176 Å². The van der Waals surface area contributed by atoms with Crippen molar-refractivity contribution < 1.29 is 19.4 Å². The first kappa shape index (κ1) is 20.6. The van der Waals surface area contributed by atoms with Crippen molar-refractivity contribution in [2.75, 3.05) is 39.5 Å². The van der Waals surface area contributed by atoms with Crippen molar-refractivity contribution in [3.63, 3.8) is 0 Å². The van der Waals surface area contributed by atoms with Crippen LogP contribution in [0.1, 0.15) is 23.0 Å². The third-order valence-electron chi connectivity index (χ3n) is 5.56. The second-order valence-corrected chi connectivity index (χ2v) is 7.74. The van der Waals surface area contributed by atoms with Crippen LogP contribution in [0.2, 0.25) is 0 Å². The lowest BCUT2D eigenvalue weighted by atomic mass is 10.1. The van der Waals surface area contributed by atoms with Crippen molar-refractivity contribution in [1.29, 1.82) is 0 Å². The smallest absolute Gasteiger partial charge is 0.162 e. The maximum atomic E-state index is 12.4. The Balaban J connectivity index is 1.57. The standard InChI is InChI=1S/C24H28N2O4/c1-17-24(18(2)27)22-14-21(30-16-20(28)15-25-10-12-29-13-11-25)8-9-23(22)26(17)19-6-4-3-5-7-19/h3-9,14,20,28H,10-13,15-16H2,1-2H3/t20-/m1/s1. The van der Waals surface area contributed by atoms with E-state index in [1.807, 2.05) is 55.5 Å². The normalized spacial score (nSPS) is 16.0. The Morgan fingerprint density at radius 2 is 1.90 bits per heavy atom. The monoisotopic (exact) mass is 408 g/mol. The van der Waals surface area contributed by atoms with Gasteiger partial charge >= 0.3 is 0 Å². The number of carbonyl (C=O) groups is 1. The Morgan fingerprint density at radius 1 is 1.17 bits per heavy atom. The van der Waals surface area contributed by atoms with E-state index >= 15 is 0 Å². The number of fused-ring (bicyclic) bond motifs is 1. The molecule has 1 aromatic heterocycles. The molecule has 2 heterocycles. The molecule has 3 aromatic rings. The third-order valence-corrected chi connectivity index (χ3v) is 5.56. The van der Waals surface area contributed by atoms with Crippen LogP contribution in [0.25, 0.3) is 16.6 Å². The molecule has 0 radical (unpaired) electrons. The van der Waals surface area contributed by atoms with Gasteiger partial charge < -0.3 is 19.1 Å². The van der Waals surface area contributed by atoms with Gasteiger partial charge in [0.15, 0.2) is 5.78 Å². The molecule has 158 valence electrons. The summed E-state index contributed by atoms with van der Waals surface area (Å²) in [6.45, 7) is 7.40. The minimum absolute atomic E-state index is 0.0247. The first-order valence-electron chi connectivity index (χ1n) is 10.4. The summed E-state index contributed by atoms with van der Waals surface area (Å²) >= 11 is 0. The molecule has 0 unspecified atom stereocenters. The van der Waals surface area contributed by atoms with E-state index in [9.17, 15) is 9.90 Å². The summed E-state index contributed by atoms with van der Waals surface area (Å²) in [5.41, 5.74) is 3.59. The molecular weight excluding hydrogens is 380 g/mol. The zero-order chi connectivity index (χ0) is 21.1. The fourth-order valence-corrected chi connectivity index (χ4v) is 4.17. The average molecular weight is 408 g/mol. The number of morpholine rings is 1. The van der Waals surface area contributed by atoms with Gasteiger partial charge in [-0.3, -0.25) is 9.69 Å².